The van der Waals surface area contributed by atoms with Gasteiger partial charge in [0.05, 0.1) is 13.2 Å². The van der Waals surface area contributed by atoms with Gasteiger partial charge in [0.25, 0.3) is 0 Å². The summed E-state index contributed by atoms with van der Waals surface area (Å²) in [5.74, 6) is 7.31. The molecule has 0 atom stereocenters. The van der Waals surface area contributed by atoms with Crippen molar-refractivity contribution in [2.24, 2.45) is 5.84 Å². The van der Waals surface area contributed by atoms with Crippen LogP contribution in [-0.4, -0.2) is 61.4 Å². The minimum atomic E-state index is 0.355. The molecule has 1 aliphatic rings. The lowest BCUT2D eigenvalue weighted by Crippen LogP contribution is -2.39. The molecule has 0 radical (unpaired) electrons. The predicted octanol–water partition coefficient (Wildman–Crippen LogP) is -0.347. The van der Waals surface area contributed by atoms with Crippen LogP contribution in [0.25, 0.3) is 0 Å². The molecule has 0 unspecified atom stereocenters. The molecular weight excluding hydrogens is 260 g/mol. The van der Waals surface area contributed by atoms with E-state index in [9.17, 15) is 0 Å². The van der Waals surface area contributed by atoms with E-state index in [0.29, 0.717) is 18.2 Å². The SMILES string of the molecule is COCc1nc(NN)cc(NCCN2CCOCC2)n1. The molecule has 4 N–H and O–H groups in total. The number of nitrogen functional groups attached to an aromatic ring is 1. The number of nitrogens with two attached hydrogens (primary N) is 1. The molecule has 1 aromatic heterocycles. The first-order chi connectivity index (χ1) is 9.81. The van der Waals surface area contributed by atoms with Crippen molar-refractivity contribution < 1.29 is 9.47 Å². The number of hydrogen-bond acceptors (Lipinski definition) is 8. The fraction of sp³-hybridized carbons (Fsp3) is 0.667. The van der Waals surface area contributed by atoms with Gasteiger partial charge in [-0.1, -0.05) is 0 Å². The molecule has 0 saturated carbocycles. The van der Waals surface area contributed by atoms with Crippen molar-refractivity contribution >= 4 is 11.6 Å². The maximum Gasteiger partial charge on any atom is 0.158 e. The zero-order chi connectivity index (χ0) is 14.2. The van der Waals surface area contributed by atoms with Crippen LogP contribution in [0.3, 0.4) is 0 Å². The Balaban J connectivity index is 1.85. The number of ether oxygens (including phenoxy) is 2. The van der Waals surface area contributed by atoms with Crippen LogP contribution < -0.4 is 16.6 Å². The van der Waals surface area contributed by atoms with Gasteiger partial charge >= 0.3 is 0 Å². The number of hydrogen-bond donors (Lipinski definition) is 3. The highest BCUT2D eigenvalue weighted by atomic mass is 16.5. The Morgan fingerprint density at radius 3 is 2.80 bits per heavy atom. The van der Waals surface area contributed by atoms with E-state index in [1.165, 1.54) is 0 Å². The van der Waals surface area contributed by atoms with Crippen molar-refractivity contribution in [3.05, 3.63) is 11.9 Å². The number of morpholine rings is 1. The van der Waals surface area contributed by atoms with Gasteiger partial charge in [0.1, 0.15) is 18.2 Å². The summed E-state index contributed by atoms with van der Waals surface area (Å²) >= 11 is 0. The summed E-state index contributed by atoms with van der Waals surface area (Å²) in [6.45, 7) is 5.71. The van der Waals surface area contributed by atoms with Crippen LogP contribution in [0.2, 0.25) is 0 Å². The van der Waals surface area contributed by atoms with Gasteiger partial charge < -0.3 is 20.2 Å². The monoisotopic (exact) mass is 282 g/mol. The van der Waals surface area contributed by atoms with Crippen LogP contribution in [0, 0.1) is 0 Å². The van der Waals surface area contributed by atoms with Gasteiger partial charge in [-0.25, -0.2) is 15.8 Å². The van der Waals surface area contributed by atoms with E-state index in [-0.39, 0.29) is 0 Å². The molecule has 112 valence electrons. The third-order valence-corrected chi connectivity index (χ3v) is 3.03. The first-order valence-corrected chi connectivity index (χ1v) is 6.69. The van der Waals surface area contributed by atoms with Gasteiger partial charge in [0.15, 0.2) is 5.82 Å². The number of anilines is 2. The molecule has 0 amide bonds. The summed E-state index contributed by atoms with van der Waals surface area (Å²) in [7, 11) is 1.61. The van der Waals surface area contributed by atoms with Crippen molar-refractivity contribution in [1.82, 2.24) is 14.9 Å². The lowest BCUT2D eigenvalue weighted by Gasteiger charge is -2.26. The van der Waals surface area contributed by atoms with Gasteiger partial charge in [0, 0.05) is 39.4 Å². The van der Waals surface area contributed by atoms with Crippen LogP contribution in [0.5, 0.6) is 0 Å². The number of rotatable bonds is 7. The van der Waals surface area contributed by atoms with Crippen LogP contribution in [-0.2, 0) is 16.1 Å². The quantitative estimate of drug-likeness (QED) is 0.461. The summed E-state index contributed by atoms with van der Waals surface area (Å²) in [4.78, 5) is 10.9. The fourth-order valence-corrected chi connectivity index (χ4v) is 2.02. The fourth-order valence-electron chi connectivity index (χ4n) is 2.02. The highest BCUT2D eigenvalue weighted by Crippen LogP contribution is 2.10. The Morgan fingerprint density at radius 2 is 2.10 bits per heavy atom. The Kier molecular flexibility index (Phi) is 5.93. The standard InChI is InChI=1S/C12H22N6O2/c1-19-9-12-15-10(8-11(16-12)17-13)14-2-3-18-4-6-20-7-5-18/h8H,2-7,9,13H2,1H3,(H2,14,15,16,17). The normalized spacial score (nSPS) is 16.1. The van der Waals surface area contributed by atoms with Crippen molar-refractivity contribution in [2.45, 2.75) is 6.61 Å². The second-order valence-electron chi connectivity index (χ2n) is 4.51. The Morgan fingerprint density at radius 1 is 1.35 bits per heavy atom. The van der Waals surface area contributed by atoms with Crippen LogP contribution >= 0.6 is 0 Å². The molecule has 0 aliphatic carbocycles. The summed E-state index contributed by atoms with van der Waals surface area (Å²) < 4.78 is 10.4. The molecule has 1 aliphatic heterocycles. The highest BCUT2D eigenvalue weighted by Gasteiger charge is 2.10. The lowest BCUT2D eigenvalue weighted by molar-refractivity contribution is 0.0398. The molecule has 8 nitrogen and oxygen atoms in total. The van der Waals surface area contributed by atoms with Crippen molar-refractivity contribution in [2.75, 3.05) is 57.2 Å². The Bertz CT molecular complexity index is 411. The molecule has 0 spiro atoms. The summed E-state index contributed by atoms with van der Waals surface area (Å²) in [6.07, 6.45) is 0. The maximum atomic E-state index is 5.40. The predicted molar refractivity (Wildman–Crippen MR) is 76.3 cm³/mol. The minimum absolute atomic E-state index is 0.355. The average molecular weight is 282 g/mol. The van der Waals surface area contributed by atoms with Gasteiger partial charge in [-0.05, 0) is 0 Å². The van der Waals surface area contributed by atoms with Gasteiger partial charge in [-0.15, -0.1) is 0 Å². The van der Waals surface area contributed by atoms with E-state index >= 15 is 0 Å². The molecule has 8 heteroatoms. The summed E-state index contributed by atoms with van der Waals surface area (Å²) in [5.41, 5.74) is 2.53. The molecule has 20 heavy (non-hydrogen) atoms. The molecule has 1 saturated heterocycles. The third-order valence-electron chi connectivity index (χ3n) is 3.03. The van der Waals surface area contributed by atoms with Gasteiger partial charge in [0.2, 0.25) is 0 Å². The molecule has 1 aromatic rings. The van der Waals surface area contributed by atoms with Crippen LogP contribution in [0.15, 0.2) is 6.07 Å². The first-order valence-electron chi connectivity index (χ1n) is 6.69. The van der Waals surface area contributed by atoms with Gasteiger partial charge in [-0.3, -0.25) is 4.90 Å². The van der Waals surface area contributed by atoms with Crippen molar-refractivity contribution in [3.63, 3.8) is 0 Å². The molecule has 2 heterocycles. The maximum absolute atomic E-state index is 5.40. The van der Waals surface area contributed by atoms with E-state index in [1.807, 2.05) is 0 Å². The minimum Gasteiger partial charge on any atom is -0.379 e. The third kappa shape index (κ3) is 4.57. The van der Waals surface area contributed by atoms with Crippen molar-refractivity contribution in [1.29, 1.82) is 0 Å². The number of nitrogens with one attached hydrogen (secondary N) is 2. The number of nitrogens with zero attached hydrogens (tertiary/aromatic N) is 3. The topological polar surface area (TPSA) is 97.6 Å². The van der Waals surface area contributed by atoms with E-state index in [0.717, 1.165) is 45.2 Å². The molecule has 2 rings (SSSR count). The zero-order valence-electron chi connectivity index (χ0n) is 11.8. The van der Waals surface area contributed by atoms with Crippen LogP contribution in [0.1, 0.15) is 5.82 Å². The number of aromatic nitrogens is 2. The molecular formula is C12H22N6O2. The molecule has 0 aromatic carbocycles. The largest absolute Gasteiger partial charge is 0.379 e. The molecule has 1 fully saturated rings. The summed E-state index contributed by atoms with van der Waals surface area (Å²) in [6, 6.07) is 1.78. The van der Waals surface area contributed by atoms with E-state index in [1.54, 1.807) is 13.2 Å². The van der Waals surface area contributed by atoms with Crippen molar-refractivity contribution in [3.8, 4) is 0 Å². The zero-order valence-corrected chi connectivity index (χ0v) is 11.8. The second-order valence-corrected chi connectivity index (χ2v) is 4.51. The number of methoxy groups -OCH3 is 1. The smallest absolute Gasteiger partial charge is 0.158 e. The van der Waals surface area contributed by atoms with E-state index in [2.05, 4.69) is 25.6 Å². The second kappa shape index (κ2) is 7.95. The summed E-state index contributed by atoms with van der Waals surface area (Å²) in [5, 5.41) is 3.28. The first kappa shape index (κ1) is 14.9. The Labute approximate surface area is 118 Å². The lowest BCUT2D eigenvalue weighted by atomic mass is 10.4. The average Bonchev–Trinajstić information content (AvgIpc) is 2.48. The highest BCUT2D eigenvalue weighted by molar-refractivity contribution is 5.46. The van der Waals surface area contributed by atoms with E-state index < -0.39 is 0 Å². The van der Waals surface area contributed by atoms with Crippen LogP contribution in [0.4, 0.5) is 11.6 Å². The number of hydrazine groups is 1. The van der Waals surface area contributed by atoms with Gasteiger partial charge in [-0.2, -0.15) is 0 Å². The van der Waals surface area contributed by atoms with E-state index in [4.69, 9.17) is 15.3 Å². The Hall–Kier alpha value is -1.48. The molecule has 0 bridgehead atoms.